The van der Waals surface area contributed by atoms with Gasteiger partial charge in [0, 0.05) is 29.2 Å². The van der Waals surface area contributed by atoms with E-state index in [0.29, 0.717) is 23.1 Å². The second-order valence-electron chi connectivity index (χ2n) is 6.41. The fraction of sp³-hybridized carbons (Fsp3) is 0.529. The zero-order valence-corrected chi connectivity index (χ0v) is 15.4. The van der Waals surface area contributed by atoms with Crippen molar-refractivity contribution in [1.29, 1.82) is 0 Å². The average molecular weight is 355 g/mol. The number of rotatable bonds is 6. The van der Waals surface area contributed by atoms with Crippen molar-refractivity contribution in [1.82, 2.24) is 16.0 Å². The Morgan fingerprint density at radius 1 is 1.29 bits per heavy atom. The van der Waals surface area contributed by atoms with Crippen LogP contribution >= 0.6 is 11.6 Å². The van der Waals surface area contributed by atoms with E-state index in [4.69, 9.17) is 11.6 Å². The van der Waals surface area contributed by atoms with E-state index >= 15 is 0 Å². The Balaban J connectivity index is 2.61. The fourth-order valence-electron chi connectivity index (χ4n) is 2.00. The van der Waals surface area contributed by atoms with Gasteiger partial charge in [-0.15, -0.1) is 0 Å². The third-order valence-electron chi connectivity index (χ3n) is 2.97. The summed E-state index contributed by atoms with van der Waals surface area (Å²) in [5, 5.41) is 19.7. The Bertz CT molecular complexity index is 570. The maximum atomic E-state index is 11.8. The number of aliphatic hydroxyl groups is 1. The van der Waals surface area contributed by atoms with Gasteiger partial charge in [0.1, 0.15) is 6.54 Å². The molecule has 1 aromatic rings. The molecule has 7 heteroatoms. The summed E-state index contributed by atoms with van der Waals surface area (Å²) in [5.74, 6) is 0.305. The molecule has 1 rings (SSSR count). The maximum Gasteiger partial charge on any atom is 0.242 e. The normalized spacial score (nSPS) is 13.3. The molecule has 0 bridgehead atoms. The SMILES string of the molecule is CCNC(=NCC(=O)NC(C)(C)C)NCC(O)c1ccccc1Cl. The summed E-state index contributed by atoms with van der Waals surface area (Å²) in [7, 11) is 0. The molecule has 1 unspecified atom stereocenters. The molecule has 0 saturated heterocycles. The lowest BCUT2D eigenvalue weighted by molar-refractivity contribution is -0.121. The largest absolute Gasteiger partial charge is 0.387 e. The van der Waals surface area contributed by atoms with E-state index in [0.717, 1.165) is 0 Å². The van der Waals surface area contributed by atoms with Gasteiger partial charge in [0.15, 0.2) is 5.96 Å². The first kappa shape index (κ1) is 20.3. The lowest BCUT2D eigenvalue weighted by atomic mass is 10.1. The summed E-state index contributed by atoms with van der Waals surface area (Å²) in [5.41, 5.74) is 0.353. The molecule has 0 saturated carbocycles. The van der Waals surface area contributed by atoms with Gasteiger partial charge >= 0.3 is 0 Å². The highest BCUT2D eigenvalue weighted by Gasteiger charge is 2.14. The molecule has 6 nitrogen and oxygen atoms in total. The van der Waals surface area contributed by atoms with Crippen molar-refractivity contribution >= 4 is 23.5 Å². The van der Waals surface area contributed by atoms with Crippen molar-refractivity contribution in [3.8, 4) is 0 Å². The third kappa shape index (κ3) is 7.66. The minimum atomic E-state index is -0.772. The summed E-state index contributed by atoms with van der Waals surface area (Å²) >= 11 is 6.07. The lowest BCUT2D eigenvalue weighted by Gasteiger charge is -2.20. The Kier molecular flexibility index (Phi) is 8.01. The van der Waals surface area contributed by atoms with Crippen molar-refractivity contribution in [2.75, 3.05) is 19.6 Å². The van der Waals surface area contributed by atoms with Crippen LogP contribution in [-0.2, 0) is 4.79 Å². The Labute approximate surface area is 148 Å². The van der Waals surface area contributed by atoms with Crippen LogP contribution in [-0.4, -0.2) is 42.1 Å². The highest BCUT2D eigenvalue weighted by Crippen LogP contribution is 2.21. The Morgan fingerprint density at radius 3 is 2.54 bits per heavy atom. The summed E-state index contributed by atoms with van der Waals surface area (Å²) in [6, 6.07) is 7.14. The van der Waals surface area contributed by atoms with Crippen LogP contribution in [0.1, 0.15) is 39.4 Å². The molecule has 0 aliphatic heterocycles. The number of nitrogens with one attached hydrogen (secondary N) is 3. The topological polar surface area (TPSA) is 85.8 Å². The van der Waals surface area contributed by atoms with Crippen molar-refractivity contribution in [2.24, 2.45) is 4.99 Å². The number of carbonyl (C=O) groups excluding carboxylic acids is 1. The van der Waals surface area contributed by atoms with E-state index in [1.807, 2.05) is 39.8 Å². The second kappa shape index (κ2) is 9.49. The number of hydrogen-bond donors (Lipinski definition) is 4. The highest BCUT2D eigenvalue weighted by atomic mass is 35.5. The zero-order chi connectivity index (χ0) is 18.2. The number of aliphatic imine (C=N–C) groups is 1. The first-order valence-electron chi connectivity index (χ1n) is 7.98. The van der Waals surface area contributed by atoms with Crippen molar-refractivity contribution in [3.63, 3.8) is 0 Å². The third-order valence-corrected chi connectivity index (χ3v) is 3.31. The van der Waals surface area contributed by atoms with Crippen molar-refractivity contribution in [3.05, 3.63) is 34.9 Å². The molecule has 1 aromatic carbocycles. The van der Waals surface area contributed by atoms with Gasteiger partial charge in [-0.1, -0.05) is 29.8 Å². The number of nitrogens with zero attached hydrogens (tertiary/aromatic N) is 1. The fourth-order valence-corrected chi connectivity index (χ4v) is 2.26. The summed E-state index contributed by atoms with van der Waals surface area (Å²) in [4.78, 5) is 16.1. The molecule has 0 fully saturated rings. The van der Waals surface area contributed by atoms with Crippen LogP contribution in [0.5, 0.6) is 0 Å². The number of benzene rings is 1. The molecule has 0 spiro atoms. The standard InChI is InChI=1S/C17H27ClN4O2/c1-5-19-16(21-11-15(24)22-17(2,3)4)20-10-14(23)12-8-6-7-9-13(12)18/h6-9,14,23H,5,10-11H2,1-4H3,(H,22,24)(H2,19,20,21). The van der Waals surface area contributed by atoms with Gasteiger partial charge in [-0.05, 0) is 33.8 Å². The molecule has 4 N–H and O–H groups in total. The maximum absolute atomic E-state index is 11.8. The summed E-state index contributed by atoms with van der Waals surface area (Å²) < 4.78 is 0. The van der Waals surface area contributed by atoms with Crippen LogP contribution in [0.2, 0.25) is 5.02 Å². The predicted octanol–water partition coefficient (Wildman–Crippen LogP) is 1.84. The van der Waals surface area contributed by atoms with Crippen molar-refractivity contribution < 1.29 is 9.90 Å². The summed E-state index contributed by atoms with van der Waals surface area (Å²) in [6.45, 7) is 8.56. The molecule has 0 heterocycles. The van der Waals surface area contributed by atoms with E-state index < -0.39 is 6.10 Å². The molecular formula is C17H27ClN4O2. The molecule has 24 heavy (non-hydrogen) atoms. The van der Waals surface area contributed by atoms with Gasteiger partial charge in [0.2, 0.25) is 5.91 Å². The quantitative estimate of drug-likeness (QED) is 0.464. The number of aliphatic hydroxyl groups excluding tert-OH is 1. The monoisotopic (exact) mass is 354 g/mol. The van der Waals surface area contributed by atoms with E-state index in [-0.39, 0.29) is 24.5 Å². The average Bonchev–Trinajstić information content (AvgIpc) is 2.48. The van der Waals surface area contributed by atoms with Crippen LogP contribution in [0.15, 0.2) is 29.3 Å². The summed E-state index contributed by atoms with van der Waals surface area (Å²) in [6.07, 6.45) is -0.772. The van der Waals surface area contributed by atoms with Gasteiger partial charge in [-0.25, -0.2) is 4.99 Å². The minimum Gasteiger partial charge on any atom is -0.387 e. The van der Waals surface area contributed by atoms with E-state index in [2.05, 4.69) is 20.9 Å². The number of amides is 1. The lowest BCUT2D eigenvalue weighted by Crippen LogP contribution is -2.43. The first-order chi connectivity index (χ1) is 11.2. The predicted molar refractivity (Wildman–Crippen MR) is 98.3 cm³/mol. The van der Waals surface area contributed by atoms with Crippen LogP contribution in [0.25, 0.3) is 0 Å². The van der Waals surface area contributed by atoms with Crippen LogP contribution in [0.3, 0.4) is 0 Å². The molecule has 134 valence electrons. The van der Waals surface area contributed by atoms with E-state index in [1.54, 1.807) is 12.1 Å². The molecule has 1 amide bonds. The Morgan fingerprint density at radius 2 is 1.96 bits per heavy atom. The Hall–Kier alpha value is -1.79. The smallest absolute Gasteiger partial charge is 0.242 e. The van der Waals surface area contributed by atoms with Gasteiger partial charge in [0.05, 0.1) is 6.10 Å². The zero-order valence-electron chi connectivity index (χ0n) is 14.7. The molecule has 1 atom stereocenters. The van der Waals surface area contributed by atoms with Gasteiger partial charge in [0.25, 0.3) is 0 Å². The number of guanidine groups is 1. The van der Waals surface area contributed by atoms with Gasteiger partial charge < -0.3 is 21.1 Å². The molecule has 0 radical (unpaired) electrons. The number of hydrogen-bond acceptors (Lipinski definition) is 3. The van der Waals surface area contributed by atoms with Gasteiger partial charge in [-0.3, -0.25) is 4.79 Å². The first-order valence-corrected chi connectivity index (χ1v) is 8.36. The number of halogens is 1. The van der Waals surface area contributed by atoms with E-state index in [1.165, 1.54) is 0 Å². The van der Waals surface area contributed by atoms with Gasteiger partial charge in [-0.2, -0.15) is 0 Å². The van der Waals surface area contributed by atoms with E-state index in [9.17, 15) is 9.90 Å². The molecule has 0 aromatic heterocycles. The van der Waals surface area contributed by atoms with Crippen LogP contribution < -0.4 is 16.0 Å². The van der Waals surface area contributed by atoms with Crippen molar-refractivity contribution in [2.45, 2.75) is 39.3 Å². The van der Waals surface area contributed by atoms with Crippen LogP contribution in [0.4, 0.5) is 0 Å². The molecule has 0 aliphatic carbocycles. The van der Waals surface area contributed by atoms with Crippen LogP contribution in [0, 0.1) is 0 Å². The highest BCUT2D eigenvalue weighted by molar-refractivity contribution is 6.31. The molecular weight excluding hydrogens is 328 g/mol. The second-order valence-corrected chi connectivity index (χ2v) is 6.82. The minimum absolute atomic E-state index is 0.00872. The number of carbonyl (C=O) groups is 1. The molecule has 0 aliphatic rings.